The first kappa shape index (κ1) is 21.2. The number of nitrogens with zero attached hydrogens (tertiary/aromatic N) is 2. The van der Waals surface area contributed by atoms with E-state index in [0.29, 0.717) is 43.0 Å². The van der Waals surface area contributed by atoms with Crippen molar-refractivity contribution >= 4 is 23.2 Å². The molecule has 1 saturated heterocycles. The van der Waals surface area contributed by atoms with Crippen LogP contribution in [0.2, 0.25) is 0 Å². The van der Waals surface area contributed by atoms with Crippen molar-refractivity contribution in [2.24, 2.45) is 0 Å². The van der Waals surface area contributed by atoms with Crippen molar-refractivity contribution in [3.8, 4) is 0 Å². The van der Waals surface area contributed by atoms with Crippen molar-refractivity contribution in [1.29, 1.82) is 0 Å². The molecule has 31 heavy (non-hydrogen) atoms. The van der Waals surface area contributed by atoms with E-state index < -0.39 is 0 Å². The molecule has 4 rings (SSSR count). The summed E-state index contributed by atoms with van der Waals surface area (Å²) in [5.74, 6) is -0.163. The van der Waals surface area contributed by atoms with Gasteiger partial charge in [-0.2, -0.15) is 0 Å². The van der Waals surface area contributed by atoms with Crippen molar-refractivity contribution < 1.29 is 18.4 Å². The molecule has 0 aliphatic carbocycles. The summed E-state index contributed by atoms with van der Waals surface area (Å²) in [7, 11) is 0. The molecule has 3 aromatic rings. The number of carbonyl (C=O) groups excluding carboxylic acids is 2. The minimum Gasteiger partial charge on any atom is -0.459 e. The van der Waals surface area contributed by atoms with Gasteiger partial charge in [0.25, 0.3) is 11.8 Å². The largest absolute Gasteiger partial charge is 0.459 e. The van der Waals surface area contributed by atoms with Crippen molar-refractivity contribution in [2.45, 2.75) is 39.2 Å². The predicted molar refractivity (Wildman–Crippen MR) is 116 cm³/mol. The topological polar surface area (TPSA) is 75.4 Å². The van der Waals surface area contributed by atoms with E-state index in [1.165, 1.54) is 29.7 Å². The number of nitrogens with one attached hydrogen (secondary N) is 1. The molecule has 162 valence electrons. The van der Waals surface area contributed by atoms with Crippen LogP contribution in [0.5, 0.6) is 0 Å². The second-order valence-corrected chi connectivity index (χ2v) is 8.88. The van der Waals surface area contributed by atoms with Crippen LogP contribution >= 0.6 is 11.3 Å². The molecule has 1 aliphatic heterocycles. The molecule has 0 bridgehead atoms. The Morgan fingerprint density at radius 2 is 1.90 bits per heavy atom. The third-order valence-electron chi connectivity index (χ3n) is 5.49. The summed E-state index contributed by atoms with van der Waals surface area (Å²) < 4.78 is 18.3. The lowest BCUT2D eigenvalue weighted by Gasteiger charge is -2.32. The average Bonchev–Trinajstić information content (AvgIpc) is 3.35. The van der Waals surface area contributed by atoms with Gasteiger partial charge in [0, 0.05) is 31.1 Å². The van der Waals surface area contributed by atoms with Crippen LogP contribution in [0.3, 0.4) is 0 Å². The van der Waals surface area contributed by atoms with Crippen molar-refractivity contribution in [3.63, 3.8) is 0 Å². The maximum atomic E-state index is 13.1. The van der Waals surface area contributed by atoms with Crippen LogP contribution in [0.25, 0.3) is 0 Å². The first-order valence-corrected chi connectivity index (χ1v) is 11.1. The summed E-state index contributed by atoms with van der Waals surface area (Å²) in [6, 6.07) is 8.10. The molecule has 1 aliphatic rings. The second-order valence-electron chi connectivity index (χ2n) is 7.80. The summed E-state index contributed by atoms with van der Waals surface area (Å²) >= 11 is 1.39. The van der Waals surface area contributed by atoms with E-state index in [0.717, 1.165) is 21.8 Å². The summed E-state index contributed by atoms with van der Waals surface area (Å²) in [4.78, 5) is 32.4. The molecule has 8 heteroatoms. The molecule has 2 aromatic heterocycles. The van der Waals surface area contributed by atoms with Crippen molar-refractivity contribution in [1.82, 2.24) is 15.2 Å². The normalized spacial score (nSPS) is 14.6. The quantitative estimate of drug-likeness (QED) is 0.646. The van der Waals surface area contributed by atoms with Crippen LogP contribution in [-0.4, -0.2) is 40.8 Å². The molecule has 3 heterocycles. The number of aromatic nitrogens is 1. The van der Waals surface area contributed by atoms with Gasteiger partial charge in [0.05, 0.1) is 17.0 Å². The SMILES string of the molecule is Cc1ccoc1C(=O)NC1CCN(C(=O)c2sc(Cc3ccc(F)cc3)nc2C)CC1. The highest BCUT2D eigenvalue weighted by molar-refractivity contribution is 7.13. The van der Waals surface area contributed by atoms with E-state index in [2.05, 4.69) is 10.3 Å². The van der Waals surface area contributed by atoms with E-state index in [1.807, 2.05) is 18.7 Å². The fourth-order valence-electron chi connectivity index (χ4n) is 3.73. The van der Waals surface area contributed by atoms with Crippen LogP contribution < -0.4 is 5.32 Å². The average molecular weight is 442 g/mol. The summed E-state index contributed by atoms with van der Waals surface area (Å²) in [6.07, 6.45) is 3.46. The third-order valence-corrected chi connectivity index (χ3v) is 6.63. The number of hydrogen-bond donors (Lipinski definition) is 1. The number of halogens is 1. The van der Waals surface area contributed by atoms with Crippen LogP contribution in [0.15, 0.2) is 41.0 Å². The minimum absolute atomic E-state index is 0.0117. The fraction of sp³-hybridized carbons (Fsp3) is 0.348. The Labute approximate surface area is 184 Å². The molecule has 0 unspecified atom stereocenters. The third kappa shape index (κ3) is 4.85. The van der Waals surface area contributed by atoms with E-state index >= 15 is 0 Å². The Morgan fingerprint density at radius 1 is 1.19 bits per heavy atom. The first-order chi connectivity index (χ1) is 14.9. The molecule has 0 spiro atoms. The zero-order valence-corrected chi connectivity index (χ0v) is 18.3. The number of rotatable bonds is 5. The number of carbonyl (C=O) groups is 2. The van der Waals surface area contributed by atoms with Gasteiger partial charge < -0.3 is 14.6 Å². The molecule has 2 amide bonds. The number of benzene rings is 1. The highest BCUT2D eigenvalue weighted by Crippen LogP contribution is 2.24. The lowest BCUT2D eigenvalue weighted by Crippen LogP contribution is -2.46. The first-order valence-electron chi connectivity index (χ1n) is 10.3. The summed E-state index contributed by atoms with van der Waals surface area (Å²) in [6.45, 7) is 4.83. The van der Waals surface area contributed by atoms with Gasteiger partial charge in [0.2, 0.25) is 0 Å². The van der Waals surface area contributed by atoms with Gasteiger partial charge >= 0.3 is 0 Å². The Bertz CT molecular complexity index is 1080. The molecule has 0 radical (unpaired) electrons. The predicted octanol–water partition coefficient (Wildman–Crippen LogP) is 4.12. The lowest BCUT2D eigenvalue weighted by atomic mass is 10.0. The minimum atomic E-state index is -0.270. The lowest BCUT2D eigenvalue weighted by molar-refractivity contribution is 0.0699. The highest BCUT2D eigenvalue weighted by Gasteiger charge is 2.28. The highest BCUT2D eigenvalue weighted by atomic mass is 32.1. The van der Waals surface area contributed by atoms with Crippen molar-refractivity contribution in [3.05, 3.63) is 74.9 Å². The maximum absolute atomic E-state index is 13.1. The van der Waals surface area contributed by atoms with Gasteiger partial charge in [-0.25, -0.2) is 9.37 Å². The van der Waals surface area contributed by atoms with Gasteiger partial charge in [-0.1, -0.05) is 12.1 Å². The Kier molecular flexibility index (Phi) is 6.18. The fourth-order valence-corrected chi connectivity index (χ4v) is 4.80. The molecule has 1 N–H and O–H groups in total. The maximum Gasteiger partial charge on any atom is 0.287 e. The summed E-state index contributed by atoms with van der Waals surface area (Å²) in [5.41, 5.74) is 2.48. The Balaban J connectivity index is 1.34. The number of aryl methyl sites for hydroxylation is 2. The zero-order valence-electron chi connectivity index (χ0n) is 17.5. The Hall–Kier alpha value is -3.00. The molecule has 1 aromatic carbocycles. The number of furan rings is 1. The van der Waals surface area contributed by atoms with Crippen LogP contribution in [0, 0.1) is 19.7 Å². The Morgan fingerprint density at radius 3 is 2.55 bits per heavy atom. The molecule has 0 atom stereocenters. The second kappa shape index (κ2) is 9.01. The monoisotopic (exact) mass is 441 g/mol. The number of amides is 2. The molecule has 6 nitrogen and oxygen atoms in total. The molecule has 0 saturated carbocycles. The van der Waals surface area contributed by atoms with Crippen molar-refractivity contribution in [2.75, 3.05) is 13.1 Å². The standard InChI is InChI=1S/C23H24FN3O3S/c1-14-9-12-30-20(14)22(28)26-18-7-10-27(11-8-18)23(29)21-15(2)25-19(31-21)13-16-3-5-17(24)6-4-16/h3-6,9,12,18H,7-8,10-11,13H2,1-2H3,(H,26,28). The molecule has 1 fully saturated rings. The number of likely N-dealkylation sites (tertiary alicyclic amines) is 1. The molecular weight excluding hydrogens is 417 g/mol. The zero-order chi connectivity index (χ0) is 22.0. The van der Waals surface area contributed by atoms with Gasteiger partial charge in [-0.15, -0.1) is 11.3 Å². The number of thiazole rings is 1. The van der Waals surface area contributed by atoms with E-state index in [9.17, 15) is 14.0 Å². The van der Waals surface area contributed by atoms with E-state index in [-0.39, 0.29) is 23.7 Å². The number of hydrogen-bond acceptors (Lipinski definition) is 5. The van der Waals surface area contributed by atoms with Gasteiger partial charge in [0.1, 0.15) is 10.7 Å². The van der Waals surface area contributed by atoms with Gasteiger partial charge in [-0.3, -0.25) is 9.59 Å². The van der Waals surface area contributed by atoms with Gasteiger partial charge in [0.15, 0.2) is 5.76 Å². The van der Waals surface area contributed by atoms with Crippen LogP contribution in [0.1, 0.15) is 54.9 Å². The summed E-state index contributed by atoms with van der Waals surface area (Å²) in [5, 5.41) is 3.84. The van der Waals surface area contributed by atoms with Crippen LogP contribution in [0.4, 0.5) is 4.39 Å². The van der Waals surface area contributed by atoms with Gasteiger partial charge in [-0.05, 0) is 50.5 Å². The van der Waals surface area contributed by atoms with E-state index in [1.54, 1.807) is 18.2 Å². The number of piperidine rings is 1. The van der Waals surface area contributed by atoms with Crippen LogP contribution in [-0.2, 0) is 6.42 Å². The van der Waals surface area contributed by atoms with E-state index in [4.69, 9.17) is 4.42 Å². The molecular formula is C23H24FN3O3S. The smallest absolute Gasteiger partial charge is 0.287 e.